The van der Waals surface area contributed by atoms with Gasteiger partial charge in [-0.15, -0.1) is 0 Å². The summed E-state index contributed by atoms with van der Waals surface area (Å²) < 4.78 is 0. The van der Waals surface area contributed by atoms with E-state index in [0.29, 0.717) is 0 Å². The van der Waals surface area contributed by atoms with Crippen molar-refractivity contribution in [1.29, 1.82) is 5.41 Å². The van der Waals surface area contributed by atoms with Crippen LogP contribution in [0.4, 0.5) is 5.69 Å². The molecule has 0 bridgehead atoms. The summed E-state index contributed by atoms with van der Waals surface area (Å²) in [7, 11) is 2.06. The zero-order chi connectivity index (χ0) is 12.8. The van der Waals surface area contributed by atoms with Crippen LogP contribution >= 0.6 is 0 Å². The van der Waals surface area contributed by atoms with Crippen molar-refractivity contribution in [3.05, 3.63) is 29.3 Å². The molecule has 0 radical (unpaired) electrons. The first-order valence-electron chi connectivity index (χ1n) is 6.22. The molecule has 0 atom stereocenters. The van der Waals surface area contributed by atoms with E-state index < -0.39 is 0 Å². The quantitative estimate of drug-likeness (QED) is 0.451. The lowest BCUT2D eigenvalue weighted by Gasteiger charge is -2.22. The highest BCUT2D eigenvalue weighted by atomic mass is 15.1. The SMILES string of the molecule is CCCCCN(C)c1ccc(C)cc1C(=N)N. The minimum absolute atomic E-state index is 0.144. The molecule has 94 valence electrons. The first kappa shape index (κ1) is 13.6. The average Bonchev–Trinajstić information content (AvgIpc) is 2.29. The number of nitrogens with zero attached hydrogens (tertiary/aromatic N) is 1. The first-order valence-corrected chi connectivity index (χ1v) is 6.22. The molecule has 0 unspecified atom stereocenters. The van der Waals surface area contributed by atoms with Crippen LogP contribution in [0.15, 0.2) is 18.2 Å². The number of rotatable bonds is 6. The van der Waals surface area contributed by atoms with Crippen LogP contribution in [0.1, 0.15) is 37.3 Å². The van der Waals surface area contributed by atoms with Crippen LogP contribution in [0.2, 0.25) is 0 Å². The summed E-state index contributed by atoms with van der Waals surface area (Å²) in [6, 6.07) is 6.10. The van der Waals surface area contributed by atoms with Gasteiger partial charge in [0.05, 0.1) is 0 Å². The summed E-state index contributed by atoms with van der Waals surface area (Å²) in [6.45, 7) is 5.23. The van der Waals surface area contributed by atoms with Gasteiger partial charge in [-0.05, 0) is 25.5 Å². The molecule has 3 N–H and O–H groups in total. The summed E-state index contributed by atoms with van der Waals surface area (Å²) in [6.07, 6.45) is 3.64. The van der Waals surface area contributed by atoms with Gasteiger partial charge in [-0.2, -0.15) is 0 Å². The number of anilines is 1. The number of benzene rings is 1. The van der Waals surface area contributed by atoms with E-state index in [9.17, 15) is 0 Å². The lowest BCUT2D eigenvalue weighted by Crippen LogP contribution is -2.23. The Labute approximate surface area is 104 Å². The second-order valence-electron chi connectivity index (χ2n) is 4.56. The third-order valence-electron chi connectivity index (χ3n) is 2.95. The highest BCUT2D eigenvalue weighted by molar-refractivity contribution is 6.00. The van der Waals surface area contributed by atoms with Crippen LogP contribution in [0.3, 0.4) is 0 Å². The van der Waals surface area contributed by atoms with Crippen LogP contribution in [0, 0.1) is 12.3 Å². The first-order chi connectivity index (χ1) is 8.06. The Morgan fingerprint density at radius 1 is 1.35 bits per heavy atom. The second kappa shape index (κ2) is 6.28. The number of unbranched alkanes of at least 4 members (excludes halogenated alkanes) is 2. The number of hydrogen-bond acceptors (Lipinski definition) is 2. The Morgan fingerprint density at radius 2 is 2.06 bits per heavy atom. The maximum Gasteiger partial charge on any atom is 0.124 e. The predicted octanol–water partition coefficient (Wildman–Crippen LogP) is 2.91. The normalized spacial score (nSPS) is 10.3. The molecule has 0 heterocycles. The van der Waals surface area contributed by atoms with Crippen molar-refractivity contribution in [3.63, 3.8) is 0 Å². The van der Waals surface area contributed by atoms with Crippen molar-refractivity contribution in [2.45, 2.75) is 33.1 Å². The highest BCUT2D eigenvalue weighted by Crippen LogP contribution is 2.21. The molecule has 0 aliphatic carbocycles. The molecule has 0 fully saturated rings. The highest BCUT2D eigenvalue weighted by Gasteiger charge is 2.09. The summed E-state index contributed by atoms with van der Waals surface area (Å²) in [5.74, 6) is 0.144. The molecule has 1 rings (SSSR count). The Balaban J connectivity index is 2.84. The molecule has 0 aliphatic rings. The molecule has 0 saturated carbocycles. The topological polar surface area (TPSA) is 53.1 Å². The van der Waals surface area contributed by atoms with Gasteiger partial charge in [0.25, 0.3) is 0 Å². The van der Waals surface area contributed by atoms with Gasteiger partial charge >= 0.3 is 0 Å². The van der Waals surface area contributed by atoms with Gasteiger partial charge < -0.3 is 10.6 Å². The van der Waals surface area contributed by atoms with Gasteiger partial charge in [0.1, 0.15) is 5.84 Å². The Morgan fingerprint density at radius 3 is 2.65 bits per heavy atom. The lowest BCUT2D eigenvalue weighted by molar-refractivity contribution is 0.705. The molecule has 0 aromatic heterocycles. The van der Waals surface area contributed by atoms with E-state index in [0.717, 1.165) is 23.4 Å². The third-order valence-corrected chi connectivity index (χ3v) is 2.95. The minimum atomic E-state index is 0.144. The molecule has 0 spiro atoms. The smallest absolute Gasteiger partial charge is 0.124 e. The Bertz CT molecular complexity index is 385. The van der Waals surface area contributed by atoms with Gasteiger partial charge in [0, 0.05) is 24.8 Å². The molecule has 1 aromatic rings. The van der Waals surface area contributed by atoms with Gasteiger partial charge in [-0.1, -0.05) is 31.4 Å². The molecule has 0 aliphatic heterocycles. The standard InChI is InChI=1S/C14H23N3/c1-4-5-6-9-17(3)13-8-7-11(2)10-12(13)14(15)16/h7-8,10H,4-6,9H2,1-3H3,(H3,15,16). The lowest BCUT2D eigenvalue weighted by atomic mass is 10.1. The molecule has 3 heteroatoms. The van der Waals surface area contributed by atoms with Gasteiger partial charge in [-0.25, -0.2) is 0 Å². The van der Waals surface area contributed by atoms with E-state index >= 15 is 0 Å². The van der Waals surface area contributed by atoms with E-state index in [-0.39, 0.29) is 5.84 Å². The summed E-state index contributed by atoms with van der Waals surface area (Å²) in [5.41, 5.74) is 8.66. The zero-order valence-corrected chi connectivity index (χ0v) is 11.1. The molecule has 17 heavy (non-hydrogen) atoms. The molecular formula is C14H23N3. The molecular weight excluding hydrogens is 210 g/mol. The van der Waals surface area contributed by atoms with Crippen molar-refractivity contribution in [1.82, 2.24) is 0 Å². The van der Waals surface area contributed by atoms with Crippen LogP contribution in [0.5, 0.6) is 0 Å². The minimum Gasteiger partial charge on any atom is -0.384 e. The van der Waals surface area contributed by atoms with Crippen molar-refractivity contribution in [2.75, 3.05) is 18.5 Å². The number of aryl methyl sites for hydroxylation is 1. The van der Waals surface area contributed by atoms with Crippen molar-refractivity contribution in [3.8, 4) is 0 Å². The van der Waals surface area contributed by atoms with Crippen LogP contribution in [0.25, 0.3) is 0 Å². The monoisotopic (exact) mass is 233 g/mol. The maximum atomic E-state index is 7.63. The van der Waals surface area contributed by atoms with Crippen LogP contribution in [-0.2, 0) is 0 Å². The number of nitrogens with two attached hydrogens (primary N) is 1. The van der Waals surface area contributed by atoms with Gasteiger partial charge in [-0.3, -0.25) is 5.41 Å². The number of nitrogens with one attached hydrogen (secondary N) is 1. The van der Waals surface area contributed by atoms with Crippen molar-refractivity contribution in [2.24, 2.45) is 5.73 Å². The molecule has 0 amide bonds. The van der Waals surface area contributed by atoms with E-state index in [4.69, 9.17) is 11.1 Å². The van der Waals surface area contributed by atoms with Gasteiger partial charge in [0.2, 0.25) is 0 Å². The number of hydrogen-bond donors (Lipinski definition) is 2. The molecule has 0 saturated heterocycles. The summed E-state index contributed by atoms with van der Waals surface area (Å²) in [5, 5.41) is 7.63. The Kier molecular flexibility index (Phi) is 5.01. The van der Waals surface area contributed by atoms with E-state index in [1.54, 1.807) is 0 Å². The fourth-order valence-electron chi connectivity index (χ4n) is 1.92. The fraction of sp³-hybridized carbons (Fsp3) is 0.500. The third kappa shape index (κ3) is 3.77. The second-order valence-corrected chi connectivity index (χ2v) is 4.56. The van der Waals surface area contributed by atoms with Crippen molar-refractivity contribution >= 4 is 11.5 Å². The van der Waals surface area contributed by atoms with Crippen molar-refractivity contribution < 1.29 is 0 Å². The van der Waals surface area contributed by atoms with Crippen LogP contribution < -0.4 is 10.6 Å². The average molecular weight is 233 g/mol. The molecule has 1 aromatic carbocycles. The van der Waals surface area contributed by atoms with Crippen LogP contribution in [-0.4, -0.2) is 19.4 Å². The zero-order valence-electron chi connectivity index (χ0n) is 11.1. The number of nitrogen functional groups attached to an aromatic ring is 1. The van der Waals surface area contributed by atoms with E-state index in [2.05, 4.69) is 31.0 Å². The largest absolute Gasteiger partial charge is 0.384 e. The number of amidine groups is 1. The Hall–Kier alpha value is -1.51. The summed E-state index contributed by atoms with van der Waals surface area (Å²) >= 11 is 0. The van der Waals surface area contributed by atoms with E-state index in [1.807, 2.05) is 13.0 Å². The predicted molar refractivity (Wildman–Crippen MR) is 75.0 cm³/mol. The molecule has 3 nitrogen and oxygen atoms in total. The maximum absolute atomic E-state index is 7.63. The summed E-state index contributed by atoms with van der Waals surface area (Å²) in [4.78, 5) is 2.19. The fourth-order valence-corrected chi connectivity index (χ4v) is 1.92. The van der Waals surface area contributed by atoms with Gasteiger partial charge in [0.15, 0.2) is 0 Å². The van der Waals surface area contributed by atoms with E-state index in [1.165, 1.54) is 19.3 Å².